The molecule has 5 nitrogen and oxygen atoms in total. The van der Waals surface area contributed by atoms with Gasteiger partial charge >= 0.3 is 0 Å². The van der Waals surface area contributed by atoms with Crippen molar-refractivity contribution in [2.24, 2.45) is 0 Å². The number of hydrogen-bond donors (Lipinski definition) is 0. The number of carbonyl (C=O) groups is 1. The van der Waals surface area contributed by atoms with Crippen LogP contribution < -0.4 is 4.90 Å². The van der Waals surface area contributed by atoms with Gasteiger partial charge in [0.25, 0.3) is 5.69 Å². The van der Waals surface area contributed by atoms with Gasteiger partial charge in [-0.05, 0) is 24.5 Å². The summed E-state index contributed by atoms with van der Waals surface area (Å²) < 4.78 is 0. The van der Waals surface area contributed by atoms with Crippen molar-refractivity contribution in [2.75, 3.05) is 11.9 Å². The number of nitrogens with zero attached hydrogens (tertiary/aromatic N) is 2. The molecule has 1 aliphatic carbocycles. The van der Waals surface area contributed by atoms with E-state index in [4.69, 9.17) is 0 Å². The van der Waals surface area contributed by atoms with E-state index in [0.717, 1.165) is 36.9 Å². The lowest BCUT2D eigenvalue weighted by atomic mass is 9.80. The first-order valence-corrected chi connectivity index (χ1v) is 6.13. The first kappa shape index (κ1) is 11.2. The van der Waals surface area contributed by atoms with Crippen molar-refractivity contribution in [1.29, 1.82) is 0 Å². The highest BCUT2D eigenvalue weighted by Gasteiger charge is 2.51. The summed E-state index contributed by atoms with van der Waals surface area (Å²) in [5.74, 6) is 0.0931. The lowest BCUT2D eigenvalue weighted by Crippen LogP contribution is -2.36. The molecule has 3 rings (SSSR count). The number of amides is 1. The van der Waals surface area contributed by atoms with Gasteiger partial charge in [-0.3, -0.25) is 14.9 Å². The molecular formula is C13H14N2O3. The van der Waals surface area contributed by atoms with Crippen molar-refractivity contribution < 1.29 is 9.72 Å². The molecule has 2 aliphatic rings. The molecular weight excluding hydrogens is 232 g/mol. The van der Waals surface area contributed by atoms with Gasteiger partial charge in [0.1, 0.15) is 0 Å². The summed E-state index contributed by atoms with van der Waals surface area (Å²) >= 11 is 0. The summed E-state index contributed by atoms with van der Waals surface area (Å²) in [4.78, 5) is 24.5. The van der Waals surface area contributed by atoms with Gasteiger partial charge in [-0.1, -0.05) is 12.8 Å². The first-order chi connectivity index (χ1) is 8.56. The molecule has 0 N–H and O–H groups in total. The lowest BCUT2D eigenvalue weighted by molar-refractivity contribution is -0.384. The summed E-state index contributed by atoms with van der Waals surface area (Å²) in [6, 6.07) is 4.75. The minimum Gasteiger partial charge on any atom is -0.314 e. The normalized spacial score (nSPS) is 20.5. The minimum atomic E-state index is -0.490. The Hall–Kier alpha value is -1.91. The smallest absolute Gasteiger partial charge is 0.269 e. The summed E-state index contributed by atoms with van der Waals surface area (Å²) in [5.41, 5.74) is 1.26. The van der Waals surface area contributed by atoms with Crippen molar-refractivity contribution in [3.8, 4) is 0 Å². The second-order valence-corrected chi connectivity index (χ2v) is 5.11. The van der Waals surface area contributed by atoms with Crippen LogP contribution in [0.3, 0.4) is 0 Å². The monoisotopic (exact) mass is 246 g/mol. The van der Waals surface area contributed by atoms with Crippen molar-refractivity contribution in [3.63, 3.8) is 0 Å². The average molecular weight is 246 g/mol. The van der Waals surface area contributed by atoms with Gasteiger partial charge in [0, 0.05) is 24.9 Å². The molecule has 1 heterocycles. The molecule has 1 fully saturated rings. The molecule has 1 amide bonds. The largest absolute Gasteiger partial charge is 0.314 e. The van der Waals surface area contributed by atoms with Crippen LogP contribution in [-0.4, -0.2) is 17.9 Å². The summed E-state index contributed by atoms with van der Waals surface area (Å²) in [6.07, 6.45) is 3.65. The van der Waals surface area contributed by atoms with Gasteiger partial charge in [0.2, 0.25) is 5.91 Å². The minimum absolute atomic E-state index is 0.0723. The zero-order chi connectivity index (χ0) is 12.9. The Kier molecular flexibility index (Phi) is 2.20. The van der Waals surface area contributed by atoms with Crippen molar-refractivity contribution >= 4 is 17.3 Å². The highest BCUT2D eigenvalue weighted by Crippen LogP contribution is 2.51. The van der Waals surface area contributed by atoms with E-state index in [1.807, 2.05) is 0 Å². The summed E-state index contributed by atoms with van der Waals surface area (Å²) in [7, 11) is 1.75. The van der Waals surface area contributed by atoms with Gasteiger partial charge in [-0.25, -0.2) is 0 Å². The Balaban J connectivity index is 2.20. The van der Waals surface area contributed by atoms with Gasteiger partial charge < -0.3 is 4.90 Å². The first-order valence-electron chi connectivity index (χ1n) is 6.13. The third-order valence-corrected chi connectivity index (χ3v) is 4.24. The average Bonchev–Trinajstić information content (AvgIpc) is 2.92. The predicted molar refractivity (Wildman–Crippen MR) is 66.7 cm³/mol. The van der Waals surface area contributed by atoms with E-state index in [9.17, 15) is 14.9 Å². The van der Waals surface area contributed by atoms with Crippen LogP contribution in [0.25, 0.3) is 0 Å². The molecule has 5 heteroatoms. The Morgan fingerprint density at radius 1 is 1.33 bits per heavy atom. The van der Waals surface area contributed by atoms with Crippen molar-refractivity contribution in [3.05, 3.63) is 33.9 Å². The Morgan fingerprint density at radius 3 is 2.61 bits per heavy atom. The standard InChI is InChI=1S/C13H14N2O3/c1-14-11-5-4-9(15(17)18)8-10(11)13(12(14)16)6-2-3-7-13/h4-5,8H,2-3,6-7H2,1H3. The number of anilines is 1. The molecule has 1 saturated carbocycles. The summed E-state index contributed by atoms with van der Waals surface area (Å²) in [5, 5.41) is 10.9. The van der Waals surface area contributed by atoms with E-state index in [2.05, 4.69) is 0 Å². The zero-order valence-corrected chi connectivity index (χ0v) is 10.2. The van der Waals surface area contributed by atoms with E-state index in [0.29, 0.717) is 0 Å². The highest BCUT2D eigenvalue weighted by atomic mass is 16.6. The Bertz CT molecular complexity index is 547. The summed E-state index contributed by atoms with van der Waals surface area (Å²) in [6.45, 7) is 0. The van der Waals surface area contributed by atoms with Crippen LogP contribution in [0.4, 0.5) is 11.4 Å². The molecule has 94 valence electrons. The Morgan fingerprint density at radius 2 is 2.00 bits per heavy atom. The number of nitro groups is 1. The molecule has 0 saturated heterocycles. The molecule has 0 aromatic heterocycles. The maximum atomic E-state index is 12.4. The lowest BCUT2D eigenvalue weighted by Gasteiger charge is -2.21. The molecule has 1 aliphatic heterocycles. The van der Waals surface area contributed by atoms with Gasteiger partial charge in [0.15, 0.2) is 0 Å². The Labute approximate surface area is 105 Å². The number of non-ortho nitro benzene ring substituents is 1. The zero-order valence-electron chi connectivity index (χ0n) is 10.2. The van der Waals surface area contributed by atoms with Crippen LogP contribution in [-0.2, 0) is 10.2 Å². The quantitative estimate of drug-likeness (QED) is 0.564. The van der Waals surface area contributed by atoms with Crippen molar-refractivity contribution in [2.45, 2.75) is 31.1 Å². The fourth-order valence-corrected chi connectivity index (χ4v) is 3.32. The van der Waals surface area contributed by atoms with Gasteiger partial charge in [-0.15, -0.1) is 0 Å². The fraction of sp³-hybridized carbons (Fsp3) is 0.462. The number of fused-ring (bicyclic) bond motifs is 2. The second kappa shape index (κ2) is 3.54. The number of hydrogen-bond acceptors (Lipinski definition) is 3. The van der Waals surface area contributed by atoms with Gasteiger partial charge in [-0.2, -0.15) is 0 Å². The van der Waals surface area contributed by atoms with Crippen molar-refractivity contribution in [1.82, 2.24) is 0 Å². The SMILES string of the molecule is CN1C(=O)C2(CCCC2)c2cc([N+](=O)[O-])ccc21. The molecule has 1 aromatic rings. The van der Waals surface area contributed by atoms with Crippen LogP contribution in [0.2, 0.25) is 0 Å². The number of nitro benzene ring substituents is 1. The molecule has 0 bridgehead atoms. The maximum absolute atomic E-state index is 12.4. The number of rotatable bonds is 1. The van der Waals surface area contributed by atoms with E-state index >= 15 is 0 Å². The van der Waals surface area contributed by atoms with Crippen LogP contribution in [0.1, 0.15) is 31.2 Å². The maximum Gasteiger partial charge on any atom is 0.269 e. The fourth-order valence-electron chi connectivity index (χ4n) is 3.32. The van der Waals surface area contributed by atoms with Crippen LogP contribution in [0, 0.1) is 10.1 Å². The van der Waals surface area contributed by atoms with E-state index in [-0.39, 0.29) is 11.6 Å². The number of benzene rings is 1. The van der Waals surface area contributed by atoms with E-state index in [1.165, 1.54) is 6.07 Å². The highest BCUT2D eigenvalue weighted by molar-refractivity contribution is 6.08. The molecule has 18 heavy (non-hydrogen) atoms. The second-order valence-electron chi connectivity index (χ2n) is 5.11. The van der Waals surface area contributed by atoms with E-state index in [1.54, 1.807) is 24.1 Å². The van der Waals surface area contributed by atoms with Crippen LogP contribution in [0.5, 0.6) is 0 Å². The van der Waals surface area contributed by atoms with Crippen LogP contribution in [0.15, 0.2) is 18.2 Å². The third kappa shape index (κ3) is 1.24. The van der Waals surface area contributed by atoms with Gasteiger partial charge in [0.05, 0.1) is 10.3 Å². The molecule has 0 unspecified atom stereocenters. The topological polar surface area (TPSA) is 63.5 Å². The molecule has 0 atom stereocenters. The number of carbonyl (C=O) groups excluding carboxylic acids is 1. The molecule has 1 aromatic carbocycles. The third-order valence-electron chi connectivity index (χ3n) is 4.24. The predicted octanol–water partition coefficient (Wildman–Crippen LogP) is 2.38. The van der Waals surface area contributed by atoms with E-state index < -0.39 is 10.3 Å². The molecule has 1 spiro atoms. The molecule has 0 radical (unpaired) electrons. The number of likely N-dealkylation sites (N-methyl/N-ethyl adjacent to an activating group) is 1. The van der Waals surface area contributed by atoms with Crippen LogP contribution >= 0.6 is 0 Å².